The van der Waals surface area contributed by atoms with Gasteiger partial charge in [0.1, 0.15) is 5.82 Å². The van der Waals surface area contributed by atoms with Gasteiger partial charge in [0, 0.05) is 43.5 Å². The number of piperidine rings is 1. The van der Waals surface area contributed by atoms with Crippen LogP contribution in [0.25, 0.3) is 0 Å². The van der Waals surface area contributed by atoms with E-state index in [0.717, 1.165) is 43.9 Å². The molecule has 4 nitrogen and oxygen atoms in total. The van der Waals surface area contributed by atoms with Crippen molar-refractivity contribution in [3.05, 3.63) is 89.5 Å². The molecular formula is C23H25N3O. The Bertz CT molecular complexity index is 899. The van der Waals surface area contributed by atoms with Crippen molar-refractivity contribution in [3.63, 3.8) is 0 Å². The van der Waals surface area contributed by atoms with E-state index in [2.05, 4.69) is 33.8 Å². The van der Waals surface area contributed by atoms with E-state index in [1.54, 1.807) is 0 Å². The maximum Gasteiger partial charge on any atom is 0.253 e. The van der Waals surface area contributed by atoms with Crippen LogP contribution in [0.1, 0.15) is 46.1 Å². The van der Waals surface area contributed by atoms with Gasteiger partial charge in [-0.1, -0.05) is 48.0 Å². The second kappa shape index (κ2) is 7.78. The lowest BCUT2D eigenvalue weighted by atomic mass is 9.96. The van der Waals surface area contributed by atoms with Crippen molar-refractivity contribution in [2.45, 2.75) is 32.2 Å². The molecule has 4 rings (SSSR count). The SMILES string of the molecule is Cc1ccc(C(=O)N2CCC[C@@H](c3nccn3Cc3ccccc3)C2)cc1. The molecule has 0 aliphatic carbocycles. The molecule has 1 atom stereocenters. The van der Waals surface area contributed by atoms with Crippen molar-refractivity contribution >= 4 is 5.91 Å². The third-order valence-corrected chi connectivity index (χ3v) is 5.32. The molecule has 138 valence electrons. The summed E-state index contributed by atoms with van der Waals surface area (Å²) >= 11 is 0. The molecule has 0 unspecified atom stereocenters. The van der Waals surface area contributed by atoms with Crippen LogP contribution in [0, 0.1) is 6.92 Å². The van der Waals surface area contributed by atoms with Gasteiger partial charge in [0.05, 0.1) is 0 Å². The summed E-state index contributed by atoms with van der Waals surface area (Å²) in [6.45, 7) is 4.41. The molecule has 1 aliphatic rings. The lowest BCUT2D eigenvalue weighted by Gasteiger charge is -2.33. The monoisotopic (exact) mass is 359 g/mol. The smallest absolute Gasteiger partial charge is 0.253 e. The van der Waals surface area contributed by atoms with E-state index in [4.69, 9.17) is 0 Å². The number of benzene rings is 2. The number of hydrogen-bond acceptors (Lipinski definition) is 2. The summed E-state index contributed by atoms with van der Waals surface area (Å²) in [5, 5.41) is 0. The van der Waals surface area contributed by atoms with Gasteiger partial charge in [0.15, 0.2) is 0 Å². The molecule has 3 aromatic rings. The fourth-order valence-corrected chi connectivity index (χ4v) is 3.85. The minimum atomic E-state index is 0.126. The van der Waals surface area contributed by atoms with Gasteiger partial charge in [0.2, 0.25) is 0 Å². The first-order valence-corrected chi connectivity index (χ1v) is 9.61. The molecule has 0 radical (unpaired) electrons. The van der Waals surface area contributed by atoms with E-state index in [0.29, 0.717) is 0 Å². The van der Waals surface area contributed by atoms with Crippen LogP contribution < -0.4 is 0 Å². The highest BCUT2D eigenvalue weighted by atomic mass is 16.2. The van der Waals surface area contributed by atoms with Gasteiger partial charge in [-0.05, 0) is 37.5 Å². The first-order chi connectivity index (χ1) is 13.2. The average molecular weight is 359 g/mol. The summed E-state index contributed by atoms with van der Waals surface area (Å²) in [7, 11) is 0. The zero-order valence-corrected chi connectivity index (χ0v) is 15.7. The Morgan fingerprint density at radius 3 is 2.67 bits per heavy atom. The van der Waals surface area contributed by atoms with Crippen molar-refractivity contribution in [1.29, 1.82) is 0 Å². The second-order valence-electron chi connectivity index (χ2n) is 7.36. The summed E-state index contributed by atoms with van der Waals surface area (Å²) < 4.78 is 2.22. The van der Waals surface area contributed by atoms with Crippen molar-refractivity contribution in [2.24, 2.45) is 0 Å². The van der Waals surface area contributed by atoms with Gasteiger partial charge >= 0.3 is 0 Å². The number of hydrogen-bond donors (Lipinski definition) is 0. The van der Waals surface area contributed by atoms with Crippen molar-refractivity contribution in [2.75, 3.05) is 13.1 Å². The van der Waals surface area contributed by atoms with E-state index < -0.39 is 0 Å². The number of aryl methyl sites for hydroxylation is 1. The van der Waals surface area contributed by atoms with Crippen molar-refractivity contribution in [1.82, 2.24) is 14.5 Å². The van der Waals surface area contributed by atoms with E-state index in [1.807, 2.05) is 54.5 Å². The highest BCUT2D eigenvalue weighted by Gasteiger charge is 2.28. The number of aromatic nitrogens is 2. The van der Waals surface area contributed by atoms with Crippen molar-refractivity contribution in [3.8, 4) is 0 Å². The lowest BCUT2D eigenvalue weighted by Crippen LogP contribution is -2.39. The molecule has 0 spiro atoms. The molecule has 0 bridgehead atoms. The molecule has 0 saturated carbocycles. The Labute approximate surface area is 160 Å². The predicted molar refractivity (Wildman–Crippen MR) is 107 cm³/mol. The minimum absolute atomic E-state index is 0.126. The Morgan fingerprint density at radius 2 is 1.89 bits per heavy atom. The Balaban J connectivity index is 1.50. The number of carbonyl (C=O) groups excluding carboxylic acids is 1. The van der Waals surface area contributed by atoms with E-state index in [-0.39, 0.29) is 11.8 Å². The van der Waals surface area contributed by atoms with E-state index in [1.165, 1.54) is 11.1 Å². The molecular weight excluding hydrogens is 334 g/mol. The summed E-state index contributed by atoms with van der Waals surface area (Å²) in [6.07, 6.45) is 6.01. The first kappa shape index (κ1) is 17.5. The summed E-state index contributed by atoms with van der Waals surface area (Å²) in [5.41, 5.74) is 3.21. The van der Waals surface area contributed by atoms with Crippen LogP contribution in [0.5, 0.6) is 0 Å². The summed E-state index contributed by atoms with van der Waals surface area (Å²) in [6, 6.07) is 18.3. The fourth-order valence-electron chi connectivity index (χ4n) is 3.85. The summed E-state index contributed by atoms with van der Waals surface area (Å²) in [5.74, 6) is 1.49. The molecule has 0 N–H and O–H groups in total. The third kappa shape index (κ3) is 3.95. The fraction of sp³-hybridized carbons (Fsp3) is 0.304. The number of rotatable bonds is 4. The molecule has 1 amide bonds. The van der Waals surface area contributed by atoms with Gasteiger partial charge in [-0.2, -0.15) is 0 Å². The quantitative estimate of drug-likeness (QED) is 0.698. The highest BCUT2D eigenvalue weighted by Crippen LogP contribution is 2.27. The van der Waals surface area contributed by atoms with Crippen LogP contribution in [-0.4, -0.2) is 33.4 Å². The number of amides is 1. The molecule has 4 heteroatoms. The summed E-state index contributed by atoms with van der Waals surface area (Å²) in [4.78, 5) is 19.5. The van der Waals surface area contributed by atoms with Crippen LogP contribution >= 0.6 is 0 Å². The first-order valence-electron chi connectivity index (χ1n) is 9.61. The number of carbonyl (C=O) groups is 1. The largest absolute Gasteiger partial charge is 0.338 e. The topological polar surface area (TPSA) is 38.1 Å². The van der Waals surface area contributed by atoms with Gasteiger partial charge in [-0.15, -0.1) is 0 Å². The zero-order valence-electron chi connectivity index (χ0n) is 15.7. The molecule has 1 fully saturated rings. The minimum Gasteiger partial charge on any atom is -0.338 e. The maximum atomic E-state index is 12.9. The average Bonchev–Trinajstić information content (AvgIpc) is 3.17. The number of likely N-dealkylation sites (tertiary alicyclic amines) is 1. The third-order valence-electron chi connectivity index (χ3n) is 5.32. The van der Waals surface area contributed by atoms with Gasteiger partial charge < -0.3 is 9.47 Å². The van der Waals surface area contributed by atoms with E-state index >= 15 is 0 Å². The van der Waals surface area contributed by atoms with Crippen LogP contribution in [-0.2, 0) is 6.54 Å². The van der Waals surface area contributed by atoms with Gasteiger partial charge in [0.25, 0.3) is 5.91 Å². The molecule has 1 saturated heterocycles. The van der Waals surface area contributed by atoms with Crippen LogP contribution in [0.4, 0.5) is 0 Å². The molecule has 1 aromatic heterocycles. The highest BCUT2D eigenvalue weighted by molar-refractivity contribution is 5.94. The Hall–Kier alpha value is -2.88. The van der Waals surface area contributed by atoms with E-state index in [9.17, 15) is 4.79 Å². The maximum absolute atomic E-state index is 12.9. The Morgan fingerprint density at radius 1 is 1.11 bits per heavy atom. The molecule has 2 aromatic carbocycles. The standard InChI is InChI=1S/C23H25N3O/c1-18-9-11-20(12-10-18)23(27)26-14-5-8-21(17-26)22-24-13-15-25(22)16-19-6-3-2-4-7-19/h2-4,6-7,9-13,15,21H,5,8,14,16-17H2,1H3/t21-/m1/s1. The molecule has 2 heterocycles. The predicted octanol–water partition coefficient (Wildman–Crippen LogP) is 4.26. The second-order valence-corrected chi connectivity index (χ2v) is 7.36. The Kier molecular flexibility index (Phi) is 5.05. The lowest BCUT2D eigenvalue weighted by molar-refractivity contribution is 0.0703. The van der Waals surface area contributed by atoms with Gasteiger partial charge in [-0.25, -0.2) is 4.98 Å². The molecule has 27 heavy (non-hydrogen) atoms. The molecule has 1 aliphatic heterocycles. The van der Waals surface area contributed by atoms with Crippen molar-refractivity contribution < 1.29 is 4.79 Å². The number of nitrogens with zero attached hydrogens (tertiary/aromatic N) is 3. The van der Waals surface area contributed by atoms with Gasteiger partial charge in [-0.3, -0.25) is 4.79 Å². The van der Waals surface area contributed by atoms with Crippen LogP contribution in [0.15, 0.2) is 67.0 Å². The number of imidazole rings is 1. The normalized spacial score (nSPS) is 17.1. The zero-order chi connectivity index (χ0) is 18.6. The van der Waals surface area contributed by atoms with Crippen LogP contribution in [0.2, 0.25) is 0 Å². The van der Waals surface area contributed by atoms with Crippen LogP contribution in [0.3, 0.4) is 0 Å².